The molecule has 1 fully saturated rings. The van der Waals surface area contributed by atoms with Crippen molar-refractivity contribution < 1.29 is 37.0 Å². The van der Waals surface area contributed by atoms with Crippen molar-refractivity contribution in [2.75, 3.05) is 26.3 Å². The first-order valence-electron chi connectivity index (χ1n) is 13.1. The van der Waals surface area contributed by atoms with Crippen LogP contribution in [0.3, 0.4) is 0 Å². The Morgan fingerprint density at radius 1 is 1.07 bits per heavy atom. The molecule has 0 saturated carbocycles. The van der Waals surface area contributed by atoms with Crippen molar-refractivity contribution in [2.24, 2.45) is 4.99 Å². The highest BCUT2D eigenvalue weighted by Crippen LogP contribution is 2.48. The van der Waals surface area contributed by atoms with Gasteiger partial charge in [-0.05, 0) is 49.1 Å². The van der Waals surface area contributed by atoms with E-state index in [0.717, 1.165) is 11.8 Å². The quantitative estimate of drug-likeness (QED) is 0.379. The predicted octanol–water partition coefficient (Wildman–Crippen LogP) is 5.80. The van der Waals surface area contributed by atoms with Crippen molar-refractivity contribution >= 4 is 28.8 Å². The lowest BCUT2D eigenvalue weighted by atomic mass is 9.93. The Balaban J connectivity index is 1.58. The summed E-state index contributed by atoms with van der Waals surface area (Å²) in [6.45, 7) is 4.79. The number of morpholine rings is 1. The molecule has 1 atom stereocenters. The van der Waals surface area contributed by atoms with Crippen molar-refractivity contribution in [3.05, 3.63) is 82.5 Å². The predicted molar refractivity (Wildman–Crippen MR) is 147 cm³/mol. The van der Waals surface area contributed by atoms with Gasteiger partial charge in [-0.1, -0.05) is 42.1 Å². The van der Waals surface area contributed by atoms with Crippen molar-refractivity contribution in [1.82, 2.24) is 9.80 Å². The third-order valence-corrected chi connectivity index (χ3v) is 7.38. The van der Waals surface area contributed by atoms with Gasteiger partial charge in [0.15, 0.2) is 10.9 Å². The second-order valence-corrected chi connectivity index (χ2v) is 10.6. The molecule has 0 radical (unpaired) electrons. The Morgan fingerprint density at radius 3 is 2.46 bits per heavy atom. The number of halogens is 3. The molecule has 2 aromatic rings. The number of rotatable bonds is 7. The number of hydrogen-bond donors (Lipinski definition) is 0. The van der Waals surface area contributed by atoms with E-state index < -0.39 is 35.6 Å². The van der Waals surface area contributed by atoms with Crippen LogP contribution in [0.1, 0.15) is 31.9 Å². The van der Waals surface area contributed by atoms with Crippen molar-refractivity contribution in [3.63, 3.8) is 0 Å². The van der Waals surface area contributed by atoms with Gasteiger partial charge in [-0.25, -0.2) is 9.79 Å². The lowest BCUT2D eigenvalue weighted by Gasteiger charge is -2.37. The molecule has 2 aromatic carbocycles. The van der Waals surface area contributed by atoms with Gasteiger partial charge in [0.2, 0.25) is 5.91 Å². The number of nitrogens with zero attached hydrogens (tertiary/aromatic N) is 3. The van der Waals surface area contributed by atoms with Gasteiger partial charge < -0.3 is 24.0 Å². The van der Waals surface area contributed by atoms with E-state index in [4.69, 9.17) is 14.2 Å². The number of ether oxygens (including phenoxy) is 3. The number of amides is 1. The molecule has 8 nitrogen and oxygen atoms in total. The Hall–Kier alpha value is -3.77. The number of para-hydroxylation sites is 1. The highest BCUT2D eigenvalue weighted by molar-refractivity contribution is 8.16. The van der Waals surface area contributed by atoms with Crippen LogP contribution in [0, 0.1) is 0 Å². The summed E-state index contributed by atoms with van der Waals surface area (Å²) in [5.41, 5.74) is -1.20. The molecule has 216 valence electrons. The van der Waals surface area contributed by atoms with Crippen LogP contribution in [0.25, 0.3) is 0 Å². The molecule has 0 spiro atoms. The zero-order chi connectivity index (χ0) is 29.1. The molecule has 0 bridgehead atoms. The van der Waals surface area contributed by atoms with Gasteiger partial charge in [0, 0.05) is 18.8 Å². The van der Waals surface area contributed by atoms with E-state index in [9.17, 15) is 22.8 Å². The van der Waals surface area contributed by atoms with Crippen LogP contribution < -0.4 is 4.74 Å². The minimum atomic E-state index is -4.94. The molecule has 0 unspecified atom stereocenters. The van der Waals surface area contributed by atoms with Gasteiger partial charge in [0.05, 0.1) is 37.4 Å². The number of aliphatic imine (C=N–C) groups is 1. The van der Waals surface area contributed by atoms with Crippen LogP contribution in [0.2, 0.25) is 0 Å². The van der Waals surface area contributed by atoms with E-state index >= 15 is 0 Å². The number of fused-ring (bicyclic) bond motifs is 1. The van der Waals surface area contributed by atoms with Crippen LogP contribution in [0.5, 0.6) is 11.5 Å². The average Bonchev–Trinajstić information content (AvgIpc) is 3.34. The first-order valence-corrected chi connectivity index (χ1v) is 13.9. The fourth-order valence-electron chi connectivity index (χ4n) is 4.72. The third kappa shape index (κ3) is 6.43. The SMILES string of the molecule is CC(C)OC(=O)C1=C(C(F)(F)F)N=C2SC=C(CC(=O)N3CCOCC3)N2[C@H]1c1cccc(Oc2ccccc2)c1. The molecule has 3 heterocycles. The first-order chi connectivity index (χ1) is 19.6. The summed E-state index contributed by atoms with van der Waals surface area (Å²) in [4.78, 5) is 33.6. The van der Waals surface area contributed by atoms with Crippen LogP contribution in [-0.2, 0) is 19.1 Å². The van der Waals surface area contributed by atoms with E-state index in [1.807, 2.05) is 6.07 Å². The maximum Gasteiger partial charge on any atom is 0.434 e. The number of carbonyl (C=O) groups excluding carboxylic acids is 2. The Kier molecular flexibility index (Phi) is 8.41. The maximum atomic E-state index is 14.4. The summed E-state index contributed by atoms with van der Waals surface area (Å²) < 4.78 is 59.9. The fraction of sp³-hybridized carbons (Fsp3) is 0.345. The molecular weight excluding hydrogens is 559 g/mol. The number of allylic oxidation sites excluding steroid dienone is 1. The topological polar surface area (TPSA) is 80.7 Å². The second-order valence-electron chi connectivity index (χ2n) is 9.77. The molecule has 1 saturated heterocycles. The molecule has 0 aromatic heterocycles. The minimum absolute atomic E-state index is 0.0163. The van der Waals surface area contributed by atoms with Gasteiger partial charge >= 0.3 is 12.1 Å². The van der Waals surface area contributed by atoms with Crippen LogP contribution in [0.15, 0.2) is 82.0 Å². The summed E-state index contributed by atoms with van der Waals surface area (Å²) in [6, 6.07) is 14.2. The van der Waals surface area contributed by atoms with E-state index in [0.29, 0.717) is 49.1 Å². The maximum absolute atomic E-state index is 14.4. The van der Waals surface area contributed by atoms with Gasteiger partial charge in [-0.2, -0.15) is 13.2 Å². The monoisotopic (exact) mass is 587 g/mol. The average molecular weight is 588 g/mol. The lowest BCUT2D eigenvalue weighted by molar-refractivity contribution is -0.145. The highest BCUT2D eigenvalue weighted by Gasteiger charge is 2.49. The minimum Gasteiger partial charge on any atom is -0.459 e. The van der Waals surface area contributed by atoms with Crippen molar-refractivity contribution in [2.45, 2.75) is 38.6 Å². The number of esters is 1. The van der Waals surface area contributed by atoms with E-state index in [1.54, 1.807) is 72.7 Å². The van der Waals surface area contributed by atoms with E-state index in [1.165, 1.54) is 4.90 Å². The second kappa shape index (κ2) is 12.0. The number of hydrogen-bond acceptors (Lipinski definition) is 8. The van der Waals surface area contributed by atoms with Crippen LogP contribution >= 0.6 is 11.8 Å². The lowest BCUT2D eigenvalue weighted by Crippen LogP contribution is -2.43. The summed E-state index contributed by atoms with van der Waals surface area (Å²) in [6.07, 6.45) is -5.70. The summed E-state index contributed by atoms with van der Waals surface area (Å²) in [7, 11) is 0. The fourth-order valence-corrected chi connectivity index (χ4v) is 5.64. The molecule has 0 N–H and O–H groups in total. The highest BCUT2D eigenvalue weighted by atomic mass is 32.2. The van der Waals surface area contributed by atoms with Gasteiger partial charge in [-0.3, -0.25) is 4.79 Å². The summed E-state index contributed by atoms with van der Waals surface area (Å²) >= 11 is 0.977. The third-order valence-electron chi connectivity index (χ3n) is 6.49. The zero-order valence-electron chi connectivity index (χ0n) is 22.4. The standard InChI is InChI=1S/C29H28F3N3O5S/c1-18(2)39-27(37)24-25(19-7-6-10-22(15-19)40-21-8-4-3-5-9-21)35-20(16-23(36)34-11-13-38-14-12-34)17-41-28(35)33-26(24)29(30,31)32/h3-10,15,17-18,25H,11-14,16H2,1-2H3/t25-/m0/s1. The van der Waals surface area contributed by atoms with Gasteiger partial charge in [0.25, 0.3) is 0 Å². The molecule has 3 aliphatic rings. The Morgan fingerprint density at radius 2 is 1.78 bits per heavy atom. The normalized spacial score (nSPS) is 19.1. The molecule has 12 heteroatoms. The van der Waals surface area contributed by atoms with Crippen molar-refractivity contribution in [1.29, 1.82) is 0 Å². The van der Waals surface area contributed by atoms with Gasteiger partial charge in [-0.15, -0.1) is 0 Å². The van der Waals surface area contributed by atoms with Crippen molar-refractivity contribution in [3.8, 4) is 11.5 Å². The first kappa shape index (κ1) is 28.7. The number of benzene rings is 2. The number of thioether (sulfide) groups is 1. The number of alkyl halides is 3. The number of amidine groups is 1. The molecule has 3 aliphatic heterocycles. The summed E-state index contributed by atoms with van der Waals surface area (Å²) in [5.74, 6) is -0.428. The zero-order valence-corrected chi connectivity index (χ0v) is 23.2. The van der Waals surface area contributed by atoms with E-state index in [2.05, 4.69) is 4.99 Å². The molecule has 1 amide bonds. The van der Waals surface area contributed by atoms with Crippen LogP contribution in [0.4, 0.5) is 13.2 Å². The largest absolute Gasteiger partial charge is 0.459 e. The molecule has 41 heavy (non-hydrogen) atoms. The number of carbonyl (C=O) groups is 2. The summed E-state index contributed by atoms with van der Waals surface area (Å²) in [5, 5.41) is 1.63. The van der Waals surface area contributed by atoms with Gasteiger partial charge in [0.1, 0.15) is 11.5 Å². The molecular formula is C29H28F3N3O5S. The molecule has 5 rings (SSSR count). The smallest absolute Gasteiger partial charge is 0.434 e. The van der Waals surface area contributed by atoms with E-state index in [-0.39, 0.29) is 17.5 Å². The van der Waals surface area contributed by atoms with Crippen LogP contribution in [-0.4, -0.2) is 65.4 Å². The Labute approximate surface area is 239 Å². The molecule has 0 aliphatic carbocycles. The Bertz CT molecular complexity index is 1400.